The summed E-state index contributed by atoms with van der Waals surface area (Å²) < 4.78 is 42.8. The predicted molar refractivity (Wildman–Crippen MR) is 52.5 cm³/mol. The van der Waals surface area contributed by atoms with Gasteiger partial charge in [-0.25, -0.2) is 9.37 Å². The van der Waals surface area contributed by atoms with E-state index in [9.17, 15) is 12.8 Å². The maximum Gasteiger partial charge on any atom is 0.328 e. The van der Waals surface area contributed by atoms with Crippen LogP contribution in [0.5, 0.6) is 0 Å². The van der Waals surface area contributed by atoms with E-state index in [-0.39, 0.29) is 5.69 Å². The van der Waals surface area contributed by atoms with Gasteiger partial charge in [0.05, 0.1) is 11.5 Å². The molecule has 0 saturated heterocycles. The molecule has 0 bridgehead atoms. The van der Waals surface area contributed by atoms with Crippen molar-refractivity contribution in [1.29, 1.82) is 0 Å². The molecule has 5 nitrogen and oxygen atoms in total. The van der Waals surface area contributed by atoms with Crippen molar-refractivity contribution < 1.29 is 17.4 Å². The molecular weight excluding hydrogens is 223 g/mol. The van der Waals surface area contributed by atoms with Gasteiger partial charge >= 0.3 is 10.1 Å². The Morgan fingerprint density at radius 2 is 2.27 bits per heavy atom. The summed E-state index contributed by atoms with van der Waals surface area (Å²) in [5.41, 5.74) is 0.643. The van der Waals surface area contributed by atoms with Crippen LogP contribution in [-0.2, 0) is 16.5 Å². The molecule has 0 unspecified atom stereocenters. The molecule has 7 heteroatoms. The average Bonchev–Trinajstić information content (AvgIpc) is 2.45. The minimum absolute atomic E-state index is 0.185. The van der Waals surface area contributed by atoms with Crippen molar-refractivity contribution in [1.82, 2.24) is 9.97 Å². The van der Waals surface area contributed by atoms with Gasteiger partial charge in [-0.2, -0.15) is 8.42 Å². The highest BCUT2D eigenvalue weighted by molar-refractivity contribution is 7.85. The van der Waals surface area contributed by atoms with Crippen molar-refractivity contribution in [2.24, 2.45) is 0 Å². The Morgan fingerprint density at radius 1 is 1.67 bits per heavy atom. The van der Waals surface area contributed by atoms with E-state index in [1.165, 1.54) is 6.92 Å². The summed E-state index contributed by atoms with van der Waals surface area (Å²) in [5.74, 6) is -0.488. The summed E-state index contributed by atoms with van der Waals surface area (Å²) in [4.78, 5) is 6.00. The van der Waals surface area contributed by atoms with E-state index < -0.39 is 21.1 Å². The Balaban J connectivity index is 3.30. The minimum atomic E-state index is -4.37. The van der Waals surface area contributed by atoms with Gasteiger partial charge in [0.15, 0.2) is 0 Å². The molecule has 2 N–H and O–H groups in total. The molecule has 0 spiro atoms. The van der Waals surface area contributed by atoms with Crippen LogP contribution in [0.2, 0.25) is 0 Å². The zero-order valence-corrected chi connectivity index (χ0v) is 9.10. The molecule has 1 rings (SSSR count). The molecule has 0 aliphatic carbocycles. The summed E-state index contributed by atoms with van der Waals surface area (Å²) in [6.07, 6.45) is 1.56. The zero-order valence-electron chi connectivity index (χ0n) is 8.28. The van der Waals surface area contributed by atoms with Gasteiger partial charge in [0.25, 0.3) is 5.16 Å². The molecule has 0 atom stereocenters. The first-order chi connectivity index (χ1) is 6.84. The topological polar surface area (TPSA) is 83.0 Å². The van der Waals surface area contributed by atoms with Crippen molar-refractivity contribution >= 4 is 16.2 Å². The second-order valence-corrected chi connectivity index (χ2v) is 4.30. The quantitative estimate of drug-likeness (QED) is 0.777. The standard InChI is InChI=1S/C8H11FN2O3S/c1-3-6-7(4-5(2)9)11-8(10-6)15(12,13)14/h4H,3H2,1-2H3,(H,10,11)(H,12,13,14)/b5-4+. The SMILES string of the molecule is CCc1[nH]c(S(=O)(=O)O)nc1/C=C(\C)F. The van der Waals surface area contributed by atoms with Crippen LogP contribution in [-0.4, -0.2) is 22.9 Å². The molecule has 1 heterocycles. The molecule has 1 aromatic rings. The van der Waals surface area contributed by atoms with Crippen molar-refractivity contribution in [2.45, 2.75) is 25.4 Å². The van der Waals surface area contributed by atoms with E-state index in [0.29, 0.717) is 12.1 Å². The molecule has 0 aliphatic rings. The number of aromatic amines is 1. The lowest BCUT2D eigenvalue weighted by atomic mass is 10.2. The maximum absolute atomic E-state index is 12.6. The van der Waals surface area contributed by atoms with E-state index in [1.54, 1.807) is 6.92 Å². The van der Waals surface area contributed by atoms with Crippen molar-refractivity contribution in [2.75, 3.05) is 0 Å². The van der Waals surface area contributed by atoms with Gasteiger partial charge in [-0.15, -0.1) is 0 Å². The third kappa shape index (κ3) is 2.87. The van der Waals surface area contributed by atoms with Gasteiger partial charge in [0.1, 0.15) is 0 Å². The highest BCUT2D eigenvalue weighted by atomic mass is 32.2. The number of nitrogens with zero attached hydrogens (tertiary/aromatic N) is 1. The monoisotopic (exact) mass is 234 g/mol. The van der Waals surface area contributed by atoms with Crippen LogP contribution in [0, 0.1) is 0 Å². The molecule has 0 amide bonds. The molecule has 1 aromatic heterocycles. The lowest BCUT2D eigenvalue weighted by Crippen LogP contribution is -2.00. The first-order valence-corrected chi connectivity index (χ1v) is 5.68. The number of aryl methyl sites for hydroxylation is 1. The van der Waals surface area contributed by atoms with Crippen LogP contribution >= 0.6 is 0 Å². The molecule has 0 aliphatic heterocycles. The largest absolute Gasteiger partial charge is 0.330 e. The van der Waals surface area contributed by atoms with Crippen LogP contribution in [0.15, 0.2) is 11.0 Å². The Morgan fingerprint density at radius 3 is 2.67 bits per heavy atom. The fraction of sp³-hybridized carbons (Fsp3) is 0.375. The number of rotatable bonds is 3. The van der Waals surface area contributed by atoms with Crippen molar-refractivity contribution in [3.63, 3.8) is 0 Å². The average molecular weight is 234 g/mol. The molecular formula is C8H11FN2O3S. The number of hydrogen-bond donors (Lipinski definition) is 2. The molecule has 0 aromatic carbocycles. The van der Waals surface area contributed by atoms with Crippen LogP contribution in [0.4, 0.5) is 4.39 Å². The Kier molecular flexibility index (Phi) is 3.25. The lowest BCUT2D eigenvalue weighted by molar-refractivity contribution is 0.475. The van der Waals surface area contributed by atoms with Gasteiger partial charge < -0.3 is 4.98 Å². The Hall–Kier alpha value is -1.21. The number of aromatic nitrogens is 2. The summed E-state index contributed by atoms with van der Waals surface area (Å²) in [6, 6.07) is 0. The summed E-state index contributed by atoms with van der Waals surface area (Å²) in [6.45, 7) is 2.98. The smallest absolute Gasteiger partial charge is 0.328 e. The lowest BCUT2D eigenvalue weighted by Gasteiger charge is -1.91. The molecule has 0 saturated carbocycles. The van der Waals surface area contributed by atoms with Crippen LogP contribution in [0.3, 0.4) is 0 Å². The number of halogens is 1. The van der Waals surface area contributed by atoms with Crippen molar-refractivity contribution in [3.05, 3.63) is 17.2 Å². The van der Waals surface area contributed by atoms with E-state index in [4.69, 9.17) is 4.55 Å². The maximum atomic E-state index is 12.6. The third-order valence-corrected chi connectivity index (χ3v) is 2.40. The van der Waals surface area contributed by atoms with E-state index >= 15 is 0 Å². The van der Waals surface area contributed by atoms with E-state index in [0.717, 1.165) is 6.08 Å². The molecule has 0 fully saturated rings. The number of hydrogen-bond acceptors (Lipinski definition) is 3. The first-order valence-electron chi connectivity index (χ1n) is 4.24. The van der Waals surface area contributed by atoms with Crippen molar-refractivity contribution in [3.8, 4) is 0 Å². The highest BCUT2D eigenvalue weighted by Crippen LogP contribution is 2.14. The van der Waals surface area contributed by atoms with E-state index in [1.807, 2.05) is 0 Å². The minimum Gasteiger partial charge on any atom is -0.330 e. The molecule has 84 valence electrons. The number of imidazole rings is 1. The number of H-pyrrole nitrogens is 1. The molecule has 0 radical (unpaired) electrons. The van der Waals surface area contributed by atoms with E-state index in [2.05, 4.69) is 9.97 Å². The van der Waals surface area contributed by atoms with Gasteiger partial charge in [-0.3, -0.25) is 4.55 Å². The predicted octanol–water partition coefficient (Wildman–Crippen LogP) is 1.55. The highest BCUT2D eigenvalue weighted by Gasteiger charge is 2.17. The van der Waals surface area contributed by atoms with Gasteiger partial charge in [-0.05, 0) is 19.4 Å². The second kappa shape index (κ2) is 4.11. The summed E-state index contributed by atoms with van der Waals surface area (Å²) in [7, 11) is -4.37. The Bertz CT molecular complexity index is 486. The van der Waals surface area contributed by atoms with Crippen LogP contribution in [0.25, 0.3) is 6.08 Å². The Labute approximate surface area is 86.8 Å². The summed E-state index contributed by atoms with van der Waals surface area (Å²) in [5, 5.41) is -0.563. The normalized spacial score (nSPS) is 13.2. The number of allylic oxidation sites excluding steroid dienone is 1. The van der Waals surface area contributed by atoms with Crippen LogP contribution in [0.1, 0.15) is 25.2 Å². The fourth-order valence-electron chi connectivity index (χ4n) is 1.10. The third-order valence-electron chi connectivity index (χ3n) is 1.72. The van der Waals surface area contributed by atoms with Gasteiger partial charge in [0.2, 0.25) is 0 Å². The van der Waals surface area contributed by atoms with Gasteiger partial charge in [-0.1, -0.05) is 6.92 Å². The summed E-state index contributed by atoms with van der Waals surface area (Å²) >= 11 is 0. The van der Waals surface area contributed by atoms with Gasteiger partial charge in [0, 0.05) is 5.69 Å². The number of nitrogens with one attached hydrogen (secondary N) is 1. The zero-order chi connectivity index (χ0) is 11.6. The fourth-order valence-corrected chi connectivity index (χ4v) is 1.56. The molecule has 15 heavy (non-hydrogen) atoms. The first kappa shape index (κ1) is 11.9. The second-order valence-electron chi connectivity index (χ2n) is 2.97. The van der Waals surface area contributed by atoms with Crippen LogP contribution < -0.4 is 0 Å².